The molecule has 1 radical (unpaired) electrons. The van der Waals surface area contributed by atoms with Crippen molar-refractivity contribution in [2.75, 3.05) is 26.9 Å². The monoisotopic (exact) mass is 151 g/mol. The molecule has 61 valence electrons. The lowest BCUT2D eigenvalue weighted by molar-refractivity contribution is 0.505. The van der Waals surface area contributed by atoms with Crippen molar-refractivity contribution in [3.63, 3.8) is 0 Å². The van der Waals surface area contributed by atoms with Gasteiger partial charge < -0.3 is 10.6 Å². The minimum Gasteiger partial charge on any atom is -0.399 e. The highest BCUT2D eigenvalue weighted by Crippen LogP contribution is 1.95. The van der Waals surface area contributed by atoms with Gasteiger partial charge in [0, 0.05) is 5.69 Å². The Morgan fingerprint density at radius 2 is 1.55 bits per heavy atom. The maximum atomic E-state index is 5.34. The first-order valence-electron chi connectivity index (χ1n) is 3.45. The molecule has 0 aliphatic rings. The van der Waals surface area contributed by atoms with Crippen LogP contribution in [0.4, 0.5) is 5.69 Å². The fourth-order valence-corrected chi connectivity index (χ4v) is 0.400. The molecule has 2 nitrogen and oxygen atoms in total. The lowest BCUT2D eigenvalue weighted by Crippen LogP contribution is -1.99. The van der Waals surface area contributed by atoms with Crippen LogP contribution in [0.5, 0.6) is 0 Å². The third-order valence-electron chi connectivity index (χ3n) is 0.744. The molecule has 0 unspecified atom stereocenters. The van der Waals surface area contributed by atoms with Crippen LogP contribution < -0.4 is 5.73 Å². The van der Waals surface area contributed by atoms with Crippen molar-refractivity contribution in [1.82, 2.24) is 4.90 Å². The van der Waals surface area contributed by atoms with Gasteiger partial charge in [-0.3, -0.25) is 0 Å². The summed E-state index contributed by atoms with van der Waals surface area (Å²) in [5, 5.41) is 0. The Morgan fingerprint density at radius 1 is 1.18 bits per heavy atom. The van der Waals surface area contributed by atoms with Crippen LogP contribution in [0.1, 0.15) is 0 Å². The Labute approximate surface area is 68.6 Å². The molecule has 1 rings (SSSR count). The van der Waals surface area contributed by atoms with E-state index in [9.17, 15) is 0 Å². The molecule has 0 aliphatic carbocycles. The second kappa shape index (κ2) is 5.74. The van der Waals surface area contributed by atoms with E-state index in [1.165, 1.54) is 0 Å². The number of hydrogen-bond donors (Lipinski definition) is 1. The van der Waals surface area contributed by atoms with Crippen LogP contribution in [0.2, 0.25) is 0 Å². The van der Waals surface area contributed by atoms with Crippen LogP contribution in [-0.4, -0.2) is 26.0 Å². The first-order valence-corrected chi connectivity index (χ1v) is 3.45. The van der Waals surface area contributed by atoms with Crippen molar-refractivity contribution in [1.29, 1.82) is 0 Å². The second-order valence-electron chi connectivity index (χ2n) is 2.67. The maximum absolute atomic E-state index is 5.34. The molecule has 0 spiro atoms. The molecule has 0 atom stereocenters. The molecule has 1 aromatic carbocycles. The number of nitrogens with two attached hydrogens (primary N) is 1. The summed E-state index contributed by atoms with van der Waals surface area (Å²) >= 11 is 0. The SMILES string of the molecule is CN(C)C.Nc1cc[c]cc1. The minimum absolute atomic E-state index is 0.791. The standard InChI is InChI=1S/C6H6N.C3H9N/c7-6-4-2-1-3-5-6;1-4(2)3/h2-5H,7H2;1-3H3. The summed E-state index contributed by atoms with van der Waals surface area (Å²) in [6.45, 7) is 0. The molecule has 0 amide bonds. The number of hydrogen-bond acceptors (Lipinski definition) is 2. The van der Waals surface area contributed by atoms with Crippen molar-refractivity contribution in [2.24, 2.45) is 0 Å². The van der Waals surface area contributed by atoms with Gasteiger partial charge in [0.1, 0.15) is 0 Å². The molecule has 2 N–H and O–H groups in total. The van der Waals surface area contributed by atoms with E-state index in [-0.39, 0.29) is 0 Å². The van der Waals surface area contributed by atoms with Crippen LogP contribution in [0.15, 0.2) is 24.3 Å². The Morgan fingerprint density at radius 3 is 1.73 bits per heavy atom. The van der Waals surface area contributed by atoms with Gasteiger partial charge in [0.15, 0.2) is 0 Å². The van der Waals surface area contributed by atoms with Gasteiger partial charge in [0.2, 0.25) is 0 Å². The van der Waals surface area contributed by atoms with Crippen molar-refractivity contribution in [3.05, 3.63) is 30.3 Å². The summed E-state index contributed by atoms with van der Waals surface area (Å²) in [6, 6.07) is 10.0. The Kier molecular flexibility index (Phi) is 5.21. The molecular weight excluding hydrogens is 136 g/mol. The normalized spacial score (nSPS) is 8.73. The highest BCUT2D eigenvalue weighted by atomic mass is 15.0. The summed E-state index contributed by atoms with van der Waals surface area (Å²) in [4.78, 5) is 2.00. The van der Waals surface area contributed by atoms with E-state index in [0.29, 0.717) is 0 Å². The zero-order chi connectivity index (χ0) is 8.69. The van der Waals surface area contributed by atoms with Crippen LogP contribution in [0.3, 0.4) is 0 Å². The first kappa shape index (κ1) is 9.98. The van der Waals surface area contributed by atoms with E-state index in [2.05, 4.69) is 6.07 Å². The third kappa shape index (κ3) is 8.98. The highest BCUT2D eigenvalue weighted by molar-refractivity contribution is 5.35. The molecule has 0 fully saturated rings. The van der Waals surface area contributed by atoms with Gasteiger partial charge in [0.25, 0.3) is 0 Å². The molecule has 2 heteroatoms. The summed E-state index contributed by atoms with van der Waals surface area (Å²) in [5.41, 5.74) is 6.13. The second-order valence-corrected chi connectivity index (χ2v) is 2.67. The number of anilines is 1. The van der Waals surface area contributed by atoms with Gasteiger partial charge in [-0.25, -0.2) is 0 Å². The van der Waals surface area contributed by atoms with Crippen LogP contribution >= 0.6 is 0 Å². The molecule has 0 heterocycles. The van der Waals surface area contributed by atoms with Gasteiger partial charge >= 0.3 is 0 Å². The summed E-state index contributed by atoms with van der Waals surface area (Å²) in [7, 11) is 6.00. The number of benzene rings is 1. The Balaban J connectivity index is 0.000000218. The van der Waals surface area contributed by atoms with Gasteiger partial charge in [-0.1, -0.05) is 12.1 Å². The van der Waals surface area contributed by atoms with E-state index < -0.39 is 0 Å². The number of nitrogens with zero attached hydrogens (tertiary/aromatic N) is 1. The zero-order valence-corrected chi connectivity index (χ0v) is 7.33. The van der Waals surface area contributed by atoms with Crippen LogP contribution in [-0.2, 0) is 0 Å². The molecule has 0 saturated heterocycles. The predicted octanol–water partition coefficient (Wildman–Crippen LogP) is 1.25. The average molecular weight is 151 g/mol. The largest absolute Gasteiger partial charge is 0.399 e. The fraction of sp³-hybridized carbons (Fsp3) is 0.333. The average Bonchev–Trinajstić information content (AvgIpc) is 1.87. The molecule has 1 aromatic rings. The van der Waals surface area contributed by atoms with E-state index in [1.807, 2.05) is 26.0 Å². The van der Waals surface area contributed by atoms with Gasteiger partial charge in [0.05, 0.1) is 0 Å². The first-order chi connectivity index (χ1) is 5.13. The van der Waals surface area contributed by atoms with E-state index in [4.69, 9.17) is 5.73 Å². The quantitative estimate of drug-likeness (QED) is 0.565. The predicted molar refractivity (Wildman–Crippen MR) is 49.3 cm³/mol. The lowest BCUT2D eigenvalue weighted by Gasteiger charge is -1.90. The molecule has 0 saturated carbocycles. The summed E-state index contributed by atoms with van der Waals surface area (Å²) in [6.07, 6.45) is 0. The number of rotatable bonds is 0. The van der Waals surface area contributed by atoms with Crippen molar-refractivity contribution < 1.29 is 0 Å². The summed E-state index contributed by atoms with van der Waals surface area (Å²) < 4.78 is 0. The fourth-order valence-electron chi connectivity index (χ4n) is 0.400. The molecular formula is C9H15N2. The van der Waals surface area contributed by atoms with Crippen molar-refractivity contribution in [3.8, 4) is 0 Å². The topological polar surface area (TPSA) is 29.3 Å². The summed E-state index contributed by atoms with van der Waals surface area (Å²) in [5.74, 6) is 0. The molecule has 0 aromatic heterocycles. The highest BCUT2D eigenvalue weighted by Gasteiger charge is 1.72. The Hall–Kier alpha value is -1.02. The smallest absolute Gasteiger partial charge is 0.0314 e. The Bertz CT molecular complexity index is 167. The van der Waals surface area contributed by atoms with E-state index in [1.54, 1.807) is 24.3 Å². The van der Waals surface area contributed by atoms with Gasteiger partial charge in [-0.2, -0.15) is 0 Å². The van der Waals surface area contributed by atoms with Crippen LogP contribution in [0, 0.1) is 6.07 Å². The lowest BCUT2D eigenvalue weighted by atomic mass is 10.3. The van der Waals surface area contributed by atoms with E-state index in [0.717, 1.165) is 5.69 Å². The maximum Gasteiger partial charge on any atom is 0.0314 e. The zero-order valence-electron chi connectivity index (χ0n) is 7.33. The number of nitrogen functional groups attached to an aromatic ring is 1. The molecule has 0 bridgehead atoms. The van der Waals surface area contributed by atoms with E-state index >= 15 is 0 Å². The van der Waals surface area contributed by atoms with Gasteiger partial charge in [-0.05, 0) is 39.3 Å². The minimum atomic E-state index is 0.791. The van der Waals surface area contributed by atoms with Crippen molar-refractivity contribution >= 4 is 5.69 Å². The molecule has 11 heavy (non-hydrogen) atoms. The van der Waals surface area contributed by atoms with Gasteiger partial charge in [-0.15, -0.1) is 0 Å². The van der Waals surface area contributed by atoms with Crippen molar-refractivity contribution in [2.45, 2.75) is 0 Å². The van der Waals surface area contributed by atoms with Crippen LogP contribution in [0.25, 0.3) is 0 Å². The third-order valence-corrected chi connectivity index (χ3v) is 0.744. The molecule has 0 aliphatic heterocycles.